The first kappa shape index (κ1) is 22.0. The van der Waals surface area contributed by atoms with Crippen LogP contribution in [0.4, 0.5) is 0 Å². The molecule has 0 radical (unpaired) electrons. The number of aromatic nitrogens is 4. The van der Waals surface area contributed by atoms with Crippen LogP contribution in [0.15, 0.2) is 46.5 Å². The van der Waals surface area contributed by atoms with Crippen molar-refractivity contribution in [1.82, 2.24) is 19.2 Å². The SMILES string of the molecule is Cc1nnc2ccc3c(cc(C(=N)CC=NCCC(=O)O)n3CC3C=C(Cl)C=CC3C)n12. The molecule has 1 aliphatic rings. The Kier molecular flexibility index (Phi) is 6.23. The van der Waals surface area contributed by atoms with Crippen LogP contribution in [0.3, 0.4) is 0 Å². The Morgan fingerprint density at radius 1 is 1.34 bits per heavy atom. The summed E-state index contributed by atoms with van der Waals surface area (Å²) in [7, 11) is 0. The molecule has 166 valence electrons. The molecule has 0 amide bonds. The van der Waals surface area contributed by atoms with Gasteiger partial charge < -0.3 is 15.1 Å². The number of fused-ring (bicyclic) bond motifs is 3. The zero-order valence-corrected chi connectivity index (χ0v) is 18.8. The molecule has 0 saturated heterocycles. The van der Waals surface area contributed by atoms with Crippen molar-refractivity contribution in [2.24, 2.45) is 16.8 Å². The maximum atomic E-state index is 10.7. The summed E-state index contributed by atoms with van der Waals surface area (Å²) in [6.45, 7) is 4.95. The molecule has 2 atom stereocenters. The van der Waals surface area contributed by atoms with Crippen molar-refractivity contribution in [3.05, 3.63) is 53.0 Å². The summed E-state index contributed by atoms with van der Waals surface area (Å²) < 4.78 is 4.15. The average Bonchev–Trinajstić information content (AvgIpc) is 3.31. The largest absolute Gasteiger partial charge is 0.481 e. The predicted octanol–water partition coefficient (Wildman–Crippen LogP) is 4.24. The van der Waals surface area contributed by atoms with Gasteiger partial charge in [-0.25, -0.2) is 0 Å². The third kappa shape index (κ3) is 4.36. The molecular formula is C23H25ClN6O2. The molecule has 3 aromatic rings. The molecule has 9 heteroatoms. The lowest BCUT2D eigenvalue weighted by Crippen LogP contribution is -2.20. The Bertz CT molecular complexity index is 1280. The van der Waals surface area contributed by atoms with Gasteiger partial charge in [0.25, 0.3) is 0 Å². The highest BCUT2D eigenvalue weighted by atomic mass is 35.5. The summed E-state index contributed by atoms with van der Waals surface area (Å²) in [4.78, 5) is 14.8. The van der Waals surface area contributed by atoms with Crippen molar-refractivity contribution in [2.45, 2.75) is 33.2 Å². The number of hydrogen-bond donors (Lipinski definition) is 2. The fraction of sp³-hybridized carbons (Fsp3) is 0.348. The van der Waals surface area contributed by atoms with E-state index in [1.165, 1.54) is 0 Å². The molecule has 2 N–H and O–H groups in total. The predicted molar refractivity (Wildman–Crippen MR) is 126 cm³/mol. The first-order valence-electron chi connectivity index (χ1n) is 10.5. The van der Waals surface area contributed by atoms with E-state index in [9.17, 15) is 4.79 Å². The maximum absolute atomic E-state index is 10.7. The van der Waals surface area contributed by atoms with Gasteiger partial charge in [-0.2, -0.15) is 0 Å². The van der Waals surface area contributed by atoms with Gasteiger partial charge in [0.15, 0.2) is 5.65 Å². The minimum Gasteiger partial charge on any atom is -0.481 e. The first-order chi connectivity index (χ1) is 15.3. The van der Waals surface area contributed by atoms with Crippen LogP contribution in [-0.2, 0) is 11.3 Å². The fourth-order valence-corrected chi connectivity index (χ4v) is 4.26. The number of rotatable bonds is 8. The van der Waals surface area contributed by atoms with Crippen molar-refractivity contribution >= 4 is 46.2 Å². The number of aliphatic carboxylic acids is 1. The van der Waals surface area contributed by atoms with Gasteiger partial charge in [-0.05, 0) is 37.1 Å². The number of allylic oxidation sites excluding steroid dienone is 4. The second-order valence-electron chi connectivity index (χ2n) is 8.03. The lowest BCUT2D eigenvalue weighted by atomic mass is 9.89. The molecule has 3 heterocycles. The van der Waals surface area contributed by atoms with E-state index >= 15 is 0 Å². The van der Waals surface area contributed by atoms with Crippen LogP contribution in [0, 0.1) is 24.2 Å². The van der Waals surface area contributed by atoms with Gasteiger partial charge in [-0.1, -0.05) is 30.7 Å². The smallest absolute Gasteiger partial charge is 0.305 e. The fourth-order valence-electron chi connectivity index (χ4n) is 4.03. The van der Waals surface area contributed by atoms with Crippen molar-refractivity contribution in [3.63, 3.8) is 0 Å². The molecule has 0 spiro atoms. The number of halogens is 1. The number of nitrogens with one attached hydrogen (secondary N) is 1. The lowest BCUT2D eigenvalue weighted by Gasteiger charge is -2.24. The van der Waals surface area contributed by atoms with Crippen LogP contribution < -0.4 is 0 Å². The molecule has 1 aliphatic carbocycles. The lowest BCUT2D eigenvalue weighted by molar-refractivity contribution is -0.136. The monoisotopic (exact) mass is 452 g/mol. The summed E-state index contributed by atoms with van der Waals surface area (Å²) in [5.74, 6) is 0.410. The van der Waals surface area contributed by atoms with Gasteiger partial charge in [-0.3, -0.25) is 14.2 Å². The molecule has 8 nitrogen and oxygen atoms in total. The van der Waals surface area contributed by atoms with Crippen molar-refractivity contribution in [1.29, 1.82) is 5.41 Å². The summed E-state index contributed by atoms with van der Waals surface area (Å²) in [5, 5.41) is 26.6. The first-order valence-corrected chi connectivity index (χ1v) is 10.9. The van der Waals surface area contributed by atoms with Crippen molar-refractivity contribution < 1.29 is 9.90 Å². The van der Waals surface area contributed by atoms with Gasteiger partial charge in [-0.15, -0.1) is 10.2 Å². The normalized spacial score (nSPS) is 18.7. The molecule has 4 rings (SSSR count). The summed E-state index contributed by atoms with van der Waals surface area (Å²) >= 11 is 6.29. The average molecular weight is 453 g/mol. The molecule has 0 aromatic carbocycles. The number of hydrogen-bond acceptors (Lipinski definition) is 5. The van der Waals surface area contributed by atoms with Gasteiger partial charge in [0.05, 0.1) is 28.9 Å². The summed E-state index contributed by atoms with van der Waals surface area (Å²) in [6, 6.07) is 5.96. The molecule has 2 unspecified atom stereocenters. The summed E-state index contributed by atoms with van der Waals surface area (Å²) in [6.07, 6.45) is 8.03. The zero-order valence-electron chi connectivity index (χ0n) is 18.0. The van der Waals surface area contributed by atoms with Gasteiger partial charge in [0.1, 0.15) is 5.82 Å². The minimum atomic E-state index is -0.881. The number of aryl methyl sites for hydroxylation is 1. The maximum Gasteiger partial charge on any atom is 0.305 e. The van der Waals surface area contributed by atoms with Gasteiger partial charge >= 0.3 is 5.97 Å². The molecule has 0 saturated carbocycles. The van der Waals surface area contributed by atoms with E-state index in [-0.39, 0.29) is 18.9 Å². The molecule has 3 aromatic heterocycles. The second-order valence-corrected chi connectivity index (χ2v) is 8.47. The topological polar surface area (TPSA) is 109 Å². The van der Waals surface area contributed by atoms with Crippen LogP contribution in [-0.4, -0.2) is 48.7 Å². The number of carboxylic acids is 1. The Morgan fingerprint density at radius 2 is 2.16 bits per heavy atom. The van der Waals surface area contributed by atoms with Crippen LogP contribution >= 0.6 is 11.6 Å². The quantitative estimate of drug-likeness (QED) is 0.498. The van der Waals surface area contributed by atoms with Crippen LogP contribution in [0.5, 0.6) is 0 Å². The molecular weight excluding hydrogens is 428 g/mol. The molecule has 32 heavy (non-hydrogen) atoms. The van der Waals surface area contributed by atoms with Gasteiger partial charge in [0.2, 0.25) is 0 Å². The molecule has 0 fully saturated rings. The third-order valence-corrected chi connectivity index (χ3v) is 6.04. The van der Waals surface area contributed by atoms with E-state index < -0.39 is 5.97 Å². The third-order valence-electron chi connectivity index (χ3n) is 5.79. The molecule has 0 bridgehead atoms. The van der Waals surface area contributed by atoms with Crippen LogP contribution in [0.25, 0.3) is 16.7 Å². The number of aliphatic imine (C=N–C) groups is 1. The molecule has 0 aliphatic heterocycles. The number of carboxylic acid groups (broad SMARTS) is 1. The van der Waals surface area contributed by atoms with E-state index in [4.69, 9.17) is 22.1 Å². The number of nitrogens with zero attached hydrogens (tertiary/aromatic N) is 5. The van der Waals surface area contributed by atoms with Crippen LogP contribution in [0.1, 0.15) is 31.3 Å². The van der Waals surface area contributed by atoms with E-state index in [0.717, 1.165) is 33.2 Å². The minimum absolute atomic E-state index is 0.0187. The van der Waals surface area contributed by atoms with Crippen LogP contribution in [0.2, 0.25) is 0 Å². The Hall–Kier alpha value is -3.26. The Morgan fingerprint density at radius 3 is 2.94 bits per heavy atom. The Labute approximate surface area is 190 Å². The Balaban J connectivity index is 1.73. The summed E-state index contributed by atoms with van der Waals surface area (Å²) in [5.41, 5.74) is 3.90. The number of carbonyl (C=O) groups is 1. The highest BCUT2D eigenvalue weighted by molar-refractivity contribution is 6.31. The number of pyridine rings is 1. The van der Waals surface area contributed by atoms with E-state index in [2.05, 4.69) is 38.8 Å². The van der Waals surface area contributed by atoms with E-state index in [0.29, 0.717) is 24.6 Å². The highest BCUT2D eigenvalue weighted by Gasteiger charge is 2.22. The highest BCUT2D eigenvalue weighted by Crippen LogP contribution is 2.30. The second kappa shape index (κ2) is 9.08. The van der Waals surface area contributed by atoms with E-state index in [1.54, 1.807) is 6.21 Å². The van der Waals surface area contributed by atoms with E-state index in [1.807, 2.05) is 35.6 Å². The van der Waals surface area contributed by atoms with Gasteiger partial charge in [0, 0.05) is 36.7 Å². The van der Waals surface area contributed by atoms with Crippen molar-refractivity contribution in [2.75, 3.05) is 6.54 Å². The van der Waals surface area contributed by atoms with Crippen molar-refractivity contribution in [3.8, 4) is 0 Å². The zero-order chi connectivity index (χ0) is 22.8. The standard InChI is InChI=1S/C23H25ClN6O2/c1-14-3-4-17(24)11-16(14)13-29-19-5-6-22-28-27-15(2)30(22)21(19)12-20(29)18(25)7-9-26-10-8-23(31)32/h3-6,9,11-12,14,16,25H,7-8,10,13H2,1-2H3,(H,31,32).